The standard InChI is InChI=1S/C7H16N2O/c1-10-5-7(8)6-2-3-9-4-6/h6-7,9H,2-5,8H2,1H3. The number of hydrogen-bond donors (Lipinski definition) is 2. The van der Waals surface area contributed by atoms with Gasteiger partial charge in [-0.25, -0.2) is 0 Å². The Balaban J connectivity index is 2.18. The highest BCUT2D eigenvalue weighted by atomic mass is 16.5. The summed E-state index contributed by atoms with van der Waals surface area (Å²) in [5.41, 5.74) is 5.82. The second kappa shape index (κ2) is 3.91. The Kier molecular flexibility index (Phi) is 3.12. The smallest absolute Gasteiger partial charge is 0.0616 e. The van der Waals surface area contributed by atoms with Crippen LogP contribution in [0.15, 0.2) is 0 Å². The first-order valence-corrected chi connectivity index (χ1v) is 3.80. The summed E-state index contributed by atoms with van der Waals surface area (Å²) in [6.45, 7) is 2.86. The fraction of sp³-hybridized carbons (Fsp3) is 1.00. The quantitative estimate of drug-likeness (QED) is 0.565. The Bertz CT molecular complexity index is 91.6. The van der Waals surface area contributed by atoms with E-state index in [9.17, 15) is 0 Å². The van der Waals surface area contributed by atoms with Gasteiger partial charge in [0.05, 0.1) is 6.61 Å². The van der Waals surface area contributed by atoms with Crippen LogP contribution in [0.25, 0.3) is 0 Å². The van der Waals surface area contributed by atoms with Gasteiger partial charge < -0.3 is 15.8 Å². The third-order valence-corrected chi connectivity index (χ3v) is 2.06. The van der Waals surface area contributed by atoms with Crippen LogP contribution in [0.1, 0.15) is 6.42 Å². The predicted molar refractivity (Wildman–Crippen MR) is 40.8 cm³/mol. The number of nitrogens with one attached hydrogen (secondary N) is 1. The van der Waals surface area contributed by atoms with E-state index in [0.29, 0.717) is 12.5 Å². The van der Waals surface area contributed by atoms with E-state index in [4.69, 9.17) is 10.5 Å². The van der Waals surface area contributed by atoms with Crippen LogP contribution in [0.4, 0.5) is 0 Å². The van der Waals surface area contributed by atoms with Gasteiger partial charge in [0.1, 0.15) is 0 Å². The zero-order valence-corrected chi connectivity index (χ0v) is 6.47. The van der Waals surface area contributed by atoms with Gasteiger partial charge in [0.25, 0.3) is 0 Å². The van der Waals surface area contributed by atoms with Gasteiger partial charge in [-0.3, -0.25) is 0 Å². The minimum absolute atomic E-state index is 0.222. The van der Waals surface area contributed by atoms with E-state index >= 15 is 0 Å². The lowest BCUT2D eigenvalue weighted by molar-refractivity contribution is 0.161. The molecule has 0 bridgehead atoms. The van der Waals surface area contributed by atoms with Crippen molar-refractivity contribution in [2.45, 2.75) is 12.5 Å². The van der Waals surface area contributed by atoms with Crippen LogP contribution in [0.5, 0.6) is 0 Å². The van der Waals surface area contributed by atoms with E-state index in [2.05, 4.69) is 5.32 Å². The minimum Gasteiger partial charge on any atom is -0.383 e. The van der Waals surface area contributed by atoms with Crippen molar-refractivity contribution in [1.82, 2.24) is 5.32 Å². The first kappa shape index (κ1) is 7.98. The van der Waals surface area contributed by atoms with E-state index < -0.39 is 0 Å². The summed E-state index contributed by atoms with van der Waals surface area (Å²) in [5, 5.41) is 3.28. The van der Waals surface area contributed by atoms with Crippen LogP contribution in [-0.2, 0) is 4.74 Å². The first-order chi connectivity index (χ1) is 4.84. The average molecular weight is 144 g/mol. The summed E-state index contributed by atoms with van der Waals surface area (Å²) in [6.07, 6.45) is 1.20. The predicted octanol–water partition coefficient (Wildman–Crippen LogP) is -0.430. The highest BCUT2D eigenvalue weighted by Gasteiger charge is 2.20. The van der Waals surface area contributed by atoms with Crippen molar-refractivity contribution in [1.29, 1.82) is 0 Å². The SMILES string of the molecule is COCC(N)C1CCNC1. The maximum Gasteiger partial charge on any atom is 0.0616 e. The van der Waals surface area contributed by atoms with Gasteiger partial charge in [-0.05, 0) is 25.4 Å². The molecule has 0 aliphatic carbocycles. The molecule has 3 heteroatoms. The molecule has 1 aliphatic rings. The highest BCUT2D eigenvalue weighted by molar-refractivity contribution is 4.80. The fourth-order valence-corrected chi connectivity index (χ4v) is 1.37. The van der Waals surface area contributed by atoms with Crippen molar-refractivity contribution >= 4 is 0 Å². The molecule has 1 rings (SSSR count). The van der Waals surface area contributed by atoms with Gasteiger partial charge >= 0.3 is 0 Å². The molecule has 3 N–H and O–H groups in total. The number of ether oxygens (including phenoxy) is 1. The molecule has 1 saturated heterocycles. The van der Waals surface area contributed by atoms with E-state index in [1.165, 1.54) is 6.42 Å². The van der Waals surface area contributed by atoms with Crippen molar-refractivity contribution in [2.75, 3.05) is 26.8 Å². The fourth-order valence-electron chi connectivity index (χ4n) is 1.37. The summed E-state index contributed by atoms with van der Waals surface area (Å²) in [6, 6.07) is 0.222. The Morgan fingerprint density at radius 3 is 3.10 bits per heavy atom. The van der Waals surface area contributed by atoms with E-state index in [-0.39, 0.29) is 6.04 Å². The van der Waals surface area contributed by atoms with Crippen LogP contribution in [0.2, 0.25) is 0 Å². The monoisotopic (exact) mass is 144 g/mol. The highest BCUT2D eigenvalue weighted by Crippen LogP contribution is 2.10. The summed E-state index contributed by atoms with van der Waals surface area (Å²) < 4.78 is 4.96. The topological polar surface area (TPSA) is 47.3 Å². The lowest BCUT2D eigenvalue weighted by Crippen LogP contribution is -2.35. The second-order valence-electron chi connectivity index (χ2n) is 2.87. The Morgan fingerprint density at radius 2 is 2.60 bits per heavy atom. The van der Waals surface area contributed by atoms with Crippen LogP contribution in [-0.4, -0.2) is 32.8 Å². The van der Waals surface area contributed by atoms with Crippen LogP contribution in [0, 0.1) is 5.92 Å². The van der Waals surface area contributed by atoms with Crippen LogP contribution >= 0.6 is 0 Å². The van der Waals surface area contributed by atoms with Gasteiger partial charge in [0.2, 0.25) is 0 Å². The lowest BCUT2D eigenvalue weighted by atomic mass is 10.0. The van der Waals surface area contributed by atoms with Gasteiger partial charge in [-0.15, -0.1) is 0 Å². The number of hydrogen-bond acceptors (Lipinski definition) is 3. The van der Waals surface area contributed by atoms with E-state index in [1.807, 2.05) is 0 Å². The third-order valence-electron chi connectivity index (χ3n) is 2.06. The Morgan fingerprint density at radius 1 is 1.80 bits per heavy atom. The van der Waals surface area contributed by atoms with Gasteiger partial charge in [-0.2, -0.15) is 0 Å². The molecule has 60 valence electrons. The molecule has 0 radical (unpaired) electrons. The normalized spacial score (nSPS) is 28.8. The zero-order valence-electron chi connectivity index (χ0n) is 6.47. The maximum atomic E-state index is 5.82. The molecule has 0 amide bonds. The van der Waals surface area contributed by atoms with Crippen LogP contribution in [0.3, 0.4) is 0 Å². The molecule has 2 unspecified atom stereocenters. The lowest BCUT2D eigenvalue weighted by Gasteiger charge is -2.16. The molecular weight excluding hydrogens is 128 g/mol. The molecule has 0 aromatic carbocycles. The molecule has 3 nitrogen and oxygen atoms in total. The maximum absolute atomic E-state index is 5.82. The number of nitrogens with two attached hydrogens (primary N) is 1. The molecular formula is C7H16N2O. The zero-order chi connectivity index (χ0) is 7.40. The van der Waals surface area contributed by atoms with Crippen molar-refractivity contribution in [3.05, 3.63) is 0 Å². The molecule has 0 saturated carbocycles. The molecule has 1 heterocycles. The molecule has 0 aromatic heterocycles. The van der Waals surface area contributed by atoms with Crippen molar-refractivity contribution in [3.8, 4) is 0 Å². The summed E-state index contributed by atoms with van der Waals surface area (Å²) in [5.74, 6) is 0.625. The first-order valence-electron chi connectivity index (χ1n) is 3.80. The minimum atomic E-state index is 0.222. The molecule has 1 fully saturated rings. The Hall–Kier alpha value is -0.120. The van der Waals surface area contributed by atoms with Gasteiger partial charge in [0, 0.05) is 13.2 Å². The number of methoxy groups -OCH3 is 1. The van der Waals surface area contributed by atoms with Crippen molar-refractivity contribution in [3.63, 3.8) is 0 Å². The van der Waals surface area contributed by atoms with E-state index in [0.717, 1.165) is 13.1 Å². The third kappa shape index (κ3) is 1.94. The molecule has 10 heavy (non-hydrogen) atoms. The summed E-state index contributed by atoms with van der Waals surface area (Å²) in [7, 11) is 1.70. The molecule has 1 aliphatic heterocycles. The summed E-state index contributed by atoms with van der Waals surface area (Å²) in [4.78, 5) is 0. The van der Waals surface area contributed by atoms with E-state index in [1.54, 1.807) is 7.11 Å². The largest absolute Gasteiger partial charge is 0.383 e. The second-order valence-corrected chi connectivity index (χ2v) is 2.87. The number of rotatable bonds is 3. The molecule has 0 aromatic rings. The molecule has 2 atom stereocenters. The van der Waals surface area contributed by atoms with Gasteiger partial charge in [-0.1, -0.05) is 0 Å². The van der Waals surface area contributed by atoms with Crippen molar-refractivity contribution in [2.24, 2.45) is 11.7 Å². The molecule has 0 spiro atoms. The van der Waals surface area contributed by atoms with Crippen LogP contribution < -0.4 is 11.1 Å². The van der Waals surface area contributed by atoms with Gasteiger partial charge in [0.15, 0.2) is 0 Å². The van der Waals surface area contributed by atoms with Crippen molar-refractivity contribution < 1.29 is 4.74 Å². The summed E-state index contributed by atoms with van der Waals surface area (Å²) >= 11 is 0. The Labute approximate surface area is 61.9 Å². The average Bonchev–Trinajstić information content (AvgIpc) is 2.38.